The molecule has 0 radical (unpaired) electrons. The third kappa shape index (κ3) is 4.73. The first kappa shape index (κ1) is 16.9. The molecule has 0 bridgehead atoms. The number of hydrogen-bond acceptors (Lipinski definition) is 3. The van der Waals surface area contributed by atoms with Gasteiger partial charge in [0.15, 0.2) is 0 Å². The molecule has 1 atom stereocenters. The predicted octanol–water partition coefficient (Wildman–Crippen LogP) is 4.37. The predicted molar refractivity (Wildman–Crippen MR) is 90.1 cm³/mol. The Labute approximate surface area is 126 Å². The summed E-state index contributed by atoms with van der Waals surface area (Å²) in [6, 6.07) is 8.37. The number of benzene rings is 1. The van der Waals surface area contributed by atoms with Crippen LogP contribution in [0.25, 0.3) is 0 Å². The summed E-state index contributed by atoms with van der Waals surface area (Å²) in [5, 5.41) is 11.1. The van der Waals surface area contributed by atoms with Crippen LogP contribution in [-0.4, -0.2) is 27.8 Å². The zero-order valence-corrected chi connectivity index (χ0v) is 14.3. The molecule has 0 amide bonds. The Kier molecular flexibility index (Phi) is 6.78. The van der Waals surface area contributed by atoms with Crippen LogP contribution in [0.1, 0.15) is 31.4 Å². The van der Waals surface area contributed by atoms with Gasteiger partial charge in [-0.2, -0.15) is 23.5 Å². The highest BCUT2D eigenvalue weighted by Crippen LogP contribution is 2.35. The maximum atomic E-state index is 11.1. The van der Waals surface area contributed by atoms with Gasteiger partial charge in [0, 0.05) is 6.42 Å². The van der Waals surface area contributed by atoms with Gasteiger partial charge in [-0.1, -0.05) is 38.1 Å². The number of thioether (sulfide) groups is 2. The fraction of sp³-hybridized carbons (Fsp3) is 0.625. The average molecular weight is 299 g/mol. The van der Waals surface area contributed by atoms with Gasteiger partial charge in [-0.3, -0.25) is 0 Å². The molecule has 0 aliphatic rings. The molecule has 19 heavy (non-hydrogen) atoms. The Bertz CT molecular complexity index is 388. The first-order valence-corrected chi connectivity index (χ1v) is 9.33. The van der Waals surface area contributed by atoms with E-state index in [2.05, 4.69) is 57.5 Å². The lowest BCUT2D eigenvalue weighted by Gasteiger charge is -2.35. The molecule has 1 N–H and O–H groups in total. The van der Waals surface area contributed by atoms with E-state index in [0.29, 0.717) is 4.58 Å². The molecule has 0 aliphatic carbocycles. The zero-order valence-electron chi connectivity index (χ0n) is 12.6. The molecule has 1 aromatic rings. The smallest absolute Gasteiger partial charge is 0.0729 e. The van der Waals surface area contributed by atoms with Crippen molar-refractivity contribution in [2.24, 2.45) is 5.92 Å². The van der Waals surface area contributed by atoms with Crippen molar-refractivity contribution >= 4 is 23.5 Å². The highest BCUT2D eigenvalue weighted by molar-refractivity contribution is 8.16. The average Bonchev–Trinajstić information content (AvgIpc) is 2.38. The van der Waals surface area contributed by atoms with Crippen LogP contribution in [0.4, 0.5) is 0 Å². The minimum atomic E-state index is -0.622. The Balaban J connectivity index is 2.91. The molecule has 0 fully saturated rings. The summed E-state index contributed by atoms with van der Waals surface area (Å²) in [6.45, 7) is 6.36. The van der Waals surface area contributed by atoms with E-state index in [0.717, 1.165) is 12.8 Å². The monoisotopic (exact) mass is 298 g/mol. The molecule has 1 aromatic carbocycles. The lowest BCUT2D eigenvalue weighted by atomic mass is 9.81. The maximum Gasteiger partial charge on any atom is 0.0729 e. The summed E-state index contributed by atoms with van der Waals surface area (Å²) < 4.78 is 0.455. The topological polar surface area (TPSA) is 20.2 Å². The Hall–Kier alpha value is -0.120. The van der Waals surface area contributed by atoms with Crippen LogP contribution in [0.3, 0.4) is 0 Å². The van der Waals surface area contributed by atoms with E-state index in [1.165, 1.54) is 11.1 Å². The van der Waals surface area contributed by atoms with Gasteiger partial charge in [-0.25, -0.2) is 0 Å². The molecule has 1 rings (SSSR count). The number of aliphatic hydroxyl groups is 1. The standard InChI is InChI=1S/C16H26OS2/c1-12(2)16(17,11-15(18-4)19-5)10-14-9-7-6-8-13(14)3/h6-9,12,15,17H,10-11H2,1-5H3. The fourth-order valence-corrected chi connectivity index (χ4v) is 3.88. The first-order chi connectivity index (χ1) is 8.92. The summed E-state index contributed by atoms with van der Waals surface area (Å²) in [5.74, 6) is 0.258. The van der Waals surface area contributed by atoms with Crippen LogP contribution in [0.2, 0.25) is 0 Å². The van der Waals surface area contributed by atoms with Crippen molar-refractivity contribution in [3.8, 4) is 0 Å². The van der Waals surface area contributed by atoms with Crippen LogP contribution in [0.5, 0.6) is 0 Å². The number of aryl methyl sites for hydroxylation is 1. The number of rotatable bonds is 7. The first-order valence-electron chi connectivity index (χ1n) is 6.75. The Morgan fingerprint density at radius 2 is 1.74 bits per heavy atom. The van der Waals surface area contributed by atoms with Gasteiger partial charge in [0.1, 0.15) is 0 Å². The molecule has 0 spiro atoms. The minimum Gasteiger partial charge on any atom is -0.389 e. The molecule has 0 saturated heterocycles. The molecule has 108 valence electrons. The minimum absolute atomic E-state index is 0.258. The summed E-state index contributed by atoms with van der Waals surface area (Å²) in [5.41, 5.74) is 1.91. The summed E-state index contributed by atoms with van der Waals surface area (Å²) >= 11 is 3.66. The third-order valence-corrected chi connectivity index (χ3v) is 6.42. The van der Waals surface area contributed by atoms with Crippen LogP contribution in [-0.2, 0) is 6.42 Å². The largest absolute Gasteiger partial charge is 0.389 e. The molecular weight excluding hydrogens is 272 g/mol. The highest BCUT2D eigenvalue weighted by atomic mass is 32.2. The van der Waals surface area contributed by atoms with Crippen molar-refractivity contribution in [3.05, 3.63) is 35.4 Å². The quantitative estimate of drug-likeness (QED) is 0.755. The van der Waals surface area contributed by atoms with Gasteiger partial charge in [0.2, 0.25) is 0 Å². The molecule has 1 unspecified atom stereocenters. The lowest BCUT2D eigenvalue weighted by Crippen LogP contribution is -2.40. The van der Waals surface area contributed by atoms with E-state index in [1.807, 2.05) is 23.5 Å². The highest BCUT2D eigenvalue weighted by Gasteiger charge is 2.34. The lowest BCUT2D eigenvalue weighted by molar-refractivity contribution is -0.00889. The molecule has 3 heteroatoms. The zero-order chi connectivity index (χ0) is 14.5. The molecule has 0 heterocycles. The molecule has 0 saturated carbocycles. The van der Waals surface area contributed by atoms with Crippen molar-refractivity contribution < 1.29 is 5.11 Å². The van der Waals surface area contributed by atoms with E-state index < -0.39 is 5.60 Å². The van der Waals surface area contributed by atoms with Gasteiger partial charge in [-0.15, -0.1) is 0 Å². The van der Waals surface area contributed by atoms with Gasteiger partial charge in [0.25, 0.3) is 0 Å². The van der Waals surface area contributed by atoms with Crippen molar-refractivity contribution in [3.63, 3.8) is 0 Å². The molecule has 0 aliphatic heterocycles. The second-order valence-corrected chi connectivity index (χ2v) is 7.85. The SMILES string of the molecule is CSC(CC(O)(Cc1ccccc1C)C(C)C)SC. The fourth-order valence-electron chi connectivity index (χ4n) is 2.20. The van der Waals surface area contributed by atoms with Crippen LogP contribution in [0, 0.1) is 12.8 Å². The summed E-state index contributed by atoms with van der Waals surface area (Å²) in [6.07, 6.45) is 5.82. The van der Waals surface area contributed by atoms with Crippen LogP contribution in [0.15, 0.2) is 24.3 Å². The van der Waals surface area contributed by atoms with Crippen molar-refractivity contribution in [2.45, 2.75) is 43.8 Å². The summed E-state index contributed by atoms with van der Waals surface area (Å²) in [4.78, 5) is 0. The van der Waals surface area contributed by atoms with Crippen LogP contribution < -0.4 is 0 Å². The summed E-state index contributed by atoms with van der Waals surface area (Å²) in [7, 11) is 0. The van der Waals surface area contributed by atoms with Crippen molar-refractivity contribution in [2.75, 3.05) is 12.5 Å². The van der Waals surface area contributed by atoms with Gasteiger partial charge < -0.3 is 5.11 Å². The second kappa shape index (κ2) is 7.61. The van der Waals surface area contributed by atoms with E-state index in [9.17, 15) is 5.11 Å². The van der Waals surface area contributed by atoms with E-state index >= 15 is 0 Å². The molecule has 0 aromatic heterocycles. The van der Waals surface area contributed by atoms with Crippen LogP contribution >= 0.6 is 23.5 Å². The molecular formula is C16H26OS2. The van der Waals surface area contributed by atoms with E-state index in [4.69, 9.17) is 0 Å². The van der Waals surface area contributed by atoms with Gasteiger partial charge in [0.05, 0.1) is 10.2 Å². The van der Waals surface area contributed by atoms with Gasteiger partial charge in [-0.05, 0) is 42.9 Å². The molecule has 1 nitrogen and oxygen atoms in total. The third-order valence-electron chi connectivity index (χ3n) is 3.88. The Morgan fingerprint density at radius 1 is 1.16 bits per heavy atom. The van der Waals surface area contributed by atoms with Gasteiger partial charge >= 0.3 is 0 Å². The normalized spacial score (nSPS) is 14.9. The second-order valence-electron chi connectivity index (χ2n) is 5.47. The van der Waals surface area contributed by atoms with Crippen molar-refractivity contribution in [1.29, 1.82) is 0 Å². The van der Waals surface area contributed by atoms with Crippen molar-refractivity contribution in [1.82, 2.24) is 0 Å². The van der Waals surface area contributed by atoms with E-state index in [1.54, 1.807) is 0 Å². The Morgan fingerprint density at radius 3 is 2.21 bits per heavy atom. The van der Waals surface area contributed by atoms with E-state index in [-0.39, 0.29) is 5.92 Å². The maximum absolute atomic E-state index is 11.1. The number of hydrogen-bond donors (Lipinski definition) is 1.